The predicted molar refractivity (Wildman–Crippen MR) is 108 cm³/mol. The highest BCUT2D eigenvalue weighted by Crippen LogP contribution is 2.31. The van der Waals surface area contributed by atoms with Crippen LogP contribution in [0.25, 0.3) is 11.5 Å². The zero-order valence-corrected chi connectivity index (χ0v) is 16.7. The number of carbonyl (C=O) groups excluding carboxylic acids is 2. The number of hydrogen-bond donors (Lipinski definition) is 0. The molecule has 1 saturated heterocycles. The topological polar surface area (TPSA) is 66.7 Å². The molecular weight excluding hydrogens is 366 g/mol. The van der Waals surface area contributed by atoms with E-state index < -0.39 is 0 Å². The summed E-state index contributed by atoms with van der Waals surface area (Å²) in [5, 5.41) is 0. The minimum absolute atomic E-state index is 0.0162. The molecule has 5 rings (SSSR count). The van der Waals surface area contributed by atoms with Gasteiger partial charge in [0.15, 0.2) is 0 Å². The summed E-state index contributed by atoms with van der Waals surface area (Å²) in [6.45, 7) is 2.63. The van der Waals surface area contributed by atoms with Gasteiger partial charge in [0.05, 0.1) is 6.54 Å². The lowest BCUT2D eigenvalue weighted by Crippen LogP contribution is -2.47. The Hall–Kier alpha value is -2.63. The summed E-state index contributed by atoms with van der Waals surface area (Å²) in [5.41, 5.74) is 1.84. The van der Waals surface area contributed by atoms with Crippen LogP contribution in [-0.2, 0) is 22.6 Å². The zero-order valence-electron chi connectivity index (χ0n) is 16.7. The molecule has 0 bridgehead atoms. The molecule has 0 N–H and O–H groups in total. The normalized spacial score (nSPS) is 20.3. The summed E-state index contributed by atoms with van der Waals surface area (Å²) in [7, 11) is 0. The van der Waals surface area contributed by atoms with E-state index in [1.54, 1.807) is 0 Å². The van der Waals surface area contributed by atoms with Gasteiger partial charge < -0.3 is 14.2 Å². The van der Waals surface area contributed by atoms with Crippen LogP contribution in [0.5, 0.6) is 0 Å². The van der Waals surface area contributed by atoms with E-state index in [1.807, 2.05) is 40.1 Å². The van der Waals surface area contributed by atoms with E-state index in [0.717, 1.165) is 42.7 Å². The molecule has 29 heavy (non-hydrogen) atoms. The summed E-state index contributed by atoms with van der Waals surface area (Å²) < 4.78 is 5.95. The van der Waals surface area contributed by atoms with Crippen molar-refractivity contribution in [3.8, 4) is 11.5 Å². The lowest BCUT2D eigenvalue weighted by atomic mass is 9.83. The minimum atomic E-state index is 0.0162. The maximum absolute atomic E-state index is 13.1. The van der Waals surface area contributed by atoms with Gasteiger partial charge in [0.25, 0.3) is 0 Å². The van der Waals surface area contributed by atoms with Crippen molar-refractivity contribution in [3.05, 3.63) is 41.8 Å². The first-order valence-corrected chi connectivity index (χ1v) is 10.8. The summed E-state index contributed by atoms with van der Waals surface area (Å²) in [6, 6.07) is 9.88. The Morgan fingerprint density at radius 2 is 1.59 bits per heavy atom. The van der Waals surface area contributed by atoms with Crippen LogP contribution in [0.4, 0.5) is 0 Å². The molecule has 0 unspecified atom stereocenters. The van der Waals surface area contributed by atoms with E-state index in [1.165, 1.54) is 6.42 Å². The van der Waals surface area contributed by atoms with Crippen LogP contribution in [0.3, 0.4) is 0 Å². The van der Waals surface area contributed by atoms with Crippen molar-refractivity contribution in [3.63, 3.8) is 0 Å². The van der Waals surface area contributed by atoms with E-state index in [-0.39, 0.29) is 17.7 Å². The number of carbonyl (C=O) groups is 2. The van der Waals surface area contributed by atoms with Gasteiger partial charge in [0, 0.05) is 43.5 Å². The summed E-state index contributed by atoms with van der Waals surface area (Å²) in [6.07, 6.45) is 5.51. The molecule has 1 aliphatic carbocycles. The SMILES string of the molecule is O=C(C1CCC1)N1CCC(C(=O)N2CCc3oc(-c4ccccc4)nc3C2)CC1. The predicted octanol–water partition coefficient (Wildman–Crippen LogP) is 3.27. The highest BCUT2D eigenvalue weighted by molar-refractivity contribution is 5.81. The fourth-order valence-corrected chi connectivity index (χ4v) is 4.61. The van der Waals surface area contributed by atoms with Crippen LogP contribution in [0.2, 0.25) is 0 Å². The number of piperidine rings is 1. The van der Waals surface area contributed by atoms with Crippen LogP contribution < -0.4 is 0 Å². The van der Waals surface area contributed by atoms with E-state index >= 15 is 0 Å². The first-order chi connectivity index (χ1) is 14.2. The summed E-state index contributed by atoms with van der Waals surface area (Å²) in [5.74, 6) is 2.30. The lowest BCUT2D eigenvalue weighted by Gasteiger charge is -2.37. The van der Waals surface area contributed by atoms with Gasteiger partial charge in [-0.15, -0.1) is 0 Å². The Labute approximate surface area is 170 Å². The Balaban J connectivity index is 1.20. The smallest absolute Gasteiger partial charge is 0.226 e. The van der Waals surface area contributed by atoms with Gasteiger partial charge in [-0.1, -0.05) is 24.6 Å². The monoisotopic (exact) mass is 393 g/mol. The van der Waals surface area contributed by atoms with E-state index in [0.29, 0.717) is 44.4 Å². The Bertz CT molecular complexity index is 895. The molecule has 0 spiro atoms. The third kappa shape index (κ3) is 3.56. The second-order valence-corrected chi connectivity index (χ2v) is 8.49. The van der Waals surface area contributed by atoms with Crippen LogP contribution >= 0.6 is 0 Å². The van der Waals surface area contributed by atoms with E-state index in [2.05, 4.69) is 4.98 Å². The van der Waals surface area contributed by atoms with Gasteiger partial charge in [-0.05, 0) is 37.8 Å². The van der Waals surface area contributed by atoms with Gasteiger partial charge in [-0.25, -0.2) is 4.98 Å². The molecule has 152 valence electrons. The van der Waals surface area contributed by atoms with Gasteiger partial charge in [-0.2, -0.15) is 0 Å². The lowest BCUT2D eigenvalue weighted by molar-refractivity contribution is -0.144. The van der Waals surface area contributed by atoms with Gasteiger partial charge in [-0.3, -0.25) is 9.59 Å². The van der Waals surface area contributed by atoms with Crippen molar-refractivity contribution in [1.29, 1.82) is 0 Å². The number of fused-ring (bicyclic) bond motifs is 1. The average Bonchev–Trinajstić information content (AvgIpc) is 3.16. The Kier molecular flexibility index (Phi) is 4.86. The first kappa shape index (κ1) is 18.4. The van der Waals surface area contributed by atoms with Crippen LogP contribution in [0, 0.1) is 11.8 Å². The standard InChI is InChI=1S/C23H27N3O3/c27-22(17-7-4-8-17)25-12-9-18(10-13-25)23(28)26-14-11-20-19(15-26)24-21(29-20)16-5-2-1-3-6-16/h1-3,5-6,17-18H,4,7-15H2. The molecule has 3 heterocycles. The molecule has 2 aliphatic heterocycles. The Morgan fingerprint density at radius 1 is 0.897 bits per heavy atom. The molecule has 0 radical (unpaired) electrons. The summed E-state index contributed by atoms with van der Waals surface area (Å²) in [4.78, 5) is 34.1. The highest BCUT2D eigenvalue weighted by Gasteiger charge is 2.35. The van der Waals surface area contributed by atoms with Crippen molar-refractivity contribution in [2.45, 2.75) is 45.1 Å². The molecule has 2 aromatic rings. The second kappa shape index (κ2) is 7.65. The third-order valence-corrected chi connectivity index (χ3v) is 6.67. The van der Waals surface area contributed by atoms with Crippen molar-refractivity contribution >= 4 is 11.8 Å². The van der Waals surface area contributed by atoms with Gasteiger partial charge in [0.2, 0.25) is 17.7 Å². The largest absolute Gasteiger partial charge is 0.441 e. The van der Waals surface area contributed by atoms with Crippen LogP contribution in [0.1, 0.15) is 43.6 Å². The number of hydrogen-bond acceptors (Lipinski definition) is 4. The van der Waals surface area contributed by atoms with Crippen LogP contribution in [0.15, 0.2) is 34.7 Å². The molecule has 1 saturated carbocycles. The van der Waals surface area contributed by atoms with Crippen molar-refractivity contribution in [1.82, 2.24) is 14.8 Å². The number of benzene rings is 1. The van der Waals surface area contributed by atoms with Crippen molar-refractivity contribution in [2.24, 2.45) is 11.8 Å². The molecule has 2 fully saturated rings. The average molecular weight is 393 g/mol. The number of aromatic nitrogens is 1. The van der Waals surface area contributed by atoms with Crippen molar-refractivity contribution < 1.29 is 14.0 Å². The number of oxazole rings is 1. The van der Waals surface area contributed by atoms with Gasteiger partial charge in [0.1, 0.15) is 11.5 Å². The van der Waals surface area contributed by atoms with E-state index in [4.69, 9.17) is 4.42 Å². The fraction of sp³-hybridized carbons (Fsp3) is 0.522. The number of amides is 2. The first-order valence-electron chi connectivity index (χ1n) is 10.8. The fourth-order valence-electron chi connectivity index (χ4n) is 4.61. The molecule has 0 atom stereocenters. The van der Waals surface area contributed by atoms with Crippen LogP contribution in [-0.4, -0.2) is 46.2 Å². The van der Waals surface area contributed by atoms with Gasteiger partial charge >= 0.3 is 0 Å². The van der Waals surface area contributed by atoms with Crippen molar-refractivity contribution in [2.75, 3.05) is 19.6 Å². The Morgan fingerprint density at radius 3 is 2.28 bits per heavy atom. The molecule has 6 nitrogen and oxygen atoms in total. The molecule has 2 amide bonds. The molecular formula is C23H27N3O3. The minimum Gasteiger partial charge on any atom is -0.441 e. The number of likely N-dealkylation sites (tertiary alicyclic amines) is 1. The highest BCUT2D eigenvalue weighted by atomic mass is 16.4. The molecule has 1 aromatic heterocycles. The van der Waals surface area contributed by atoms with E-state index in [9.17, 15) is 9.59 Å². The quantitative estimate of drug-likeness (QED) is 0.803. The maximum atomic E-state index is 13.1. The molecule has 1 aromatic carbocycles. The maximum Gasteiger partial charge on any atom is 0.226 e. The molecule has 3 aliphatic rings. The summed E-state index contributed by atoms with van der Waals surface area (Å²) >= 11 is 0. The number of nitrogens with zero attached hydrogens (tertiary/aromatic N) is 3. The second-order valence-electron chi connectivity index (χ2n) is 8.49. The zero-order chi connectivity index (χ0) is 19.8. The third-order valence-electron chi connectivity index (χ3n) is 6.67. The number of rotatable bonds is 3. The molecule has 6 heteroatoms.